The summed E-state index contributed by atoms with van der Waals surface area (Å²) in [7, 11) is 0. The number of ether oxygens (including phenoxy) is 1. The Morgan fingerprint density at radius 3 is 2.40 bits per heavy atom. The summed E-state index contributed by atoms with van der Waals surface area (Å²) in [5.41, 5.74) is 2.86. The van der Waals surface area contributed by atoms with Crippen LogP contribution in [-0.4, -0.2) is 75.3 Å². The van der Waals surface area contributed by atoms with Gasteiger partial charge >= 0.3 is 5.97 Å². The van der Waals surface area contributed by atoms with Crippen LogP contribution in [0.4, 0.5) is 8.78 Å². The summed E-state index contributed by atoms with van der Waals surface area (Å²) in [4.78, 5) is 47.3. The Hall–Kier alpha value is -4.90. The molecule has 5 rings (SSSR count). The number of amides is 1. The maximum atomic E-state index is 14.9. The summed E-state index contributed by atoms with van der Waals surface area (Å²) in [6, 6.07) is 13.7. The number of aliphatic carboxylic acids is 1. The summed E-state index contributed by atoms with van der Waals surface area (Å²) in [5, 5.41) is 8.96. The lowest BCUT2D eigenvalue weighted by Crippen LogP contribution is -2.49. The van der Waals surface area contributed by atoms with Crippen molar-refractivity contribution in [2.45, 2.75) is 19.8 Å². The van der Waals surface area contributed by atoms with E-state index in [-0.39, 0.29) is 48.0 Å². The topological polar surface area (TPSA) is 116 Å². The number of Topliss-reactive ketones (excluding diaryl/α,β-unsaturated/α-hetero) is 1. The van der Waals surface area contributed by atoms with E-state index in [9.17, 15) is 23.2 Å². The first-order valence-electron chi connectivity index (χ1n) is 13.8. The number of H-pyrrole nitrogens is 1. The number of carbonyl (C=O) groups is 3. The second-order valence-electron chi connectivity index (χ2n) is 10.5. The van der Waals surface area contributed by atoms with Gasteiger partial charge in [-0.2, -0.15) is 0 Å². The molecule has 0 saturated carbocycles. The average Bonchev–Trinajstić information content (AvgIpc) is 3.47. The van der Waals surface area contributed by atoms with Gasteiger partial charge in [-0.1, -0.05) is 23.8 Å². The number of hydrogen-bond donors (Lipinski definition) is 2. The number of carboxylic acids is 1. The highest BCUT2D eigenvalue weighted by atomic mass is 19.1. The van der Waals surface area contributed by atoms with Crippen LogP contribution in [0.5, 0.6) is 11.5 Å². The SMILES string of the molecule is Cc1ccc(F)c(CC(=O)Cc2ccc(Oc3ccnc(-c4cc(C(=O)N5CCN(CC(=O)O)CC5)c[nH]4)c3)cc2F)c1. The second-order valence-corrected chi connectivity index (χ2v) is 10.5. The summed E-state index contributed by atoms with van der Waals surface area (Å²) in [5.74, 6) is -1.82. The molecular formula is C32H30F2N4O5. The number of halogens is 2. The molecule has 4 aromatic rings. The van der Waals surface area contributed by atoms with E-state index in [0.29, 0.717) is 48.9 Å². The number of nitrogens with one attached hydrogen (secondary N) is 1. The van der Waals surface area contributed by atoms with Crippen molar-refractivity contribution in [3.05, 3.63) is 101 Å². The largest absolute Gasteiger partial charge is 0.480 e. The van der Waals surface area contributed by atoms with Crippen LogP contribution >= 0.6 is 0 Å². The van der Waals surface area contributed by atoms with E-state index in [1.807, 2.05) is 6.92 Å². The molecule has 1 aliphatic heterocycles. The Balaban J connectivity index is 1.20. The van der Waals surface area contributed by atoms with Crippen molar-refractivity contribution in [3.8, 4) is 22.9 Å². The maximum absolute atomic E-state index is 14.9. The quantitative estimate of drug-likeness (QED) is 0.277. The molecule has 9 nitrogen and oxygen atoms in total. The van der Waals surface area contributed by atoms with Crippen LogP contribution in [-0.2, 0) is 22.4 Å². The fraction of sp³-hybridized carbons (Fsp3) is 0.250. The van der Waals surface area contributed by atoms with Gasteiger partial charge in [0.25, 0.3) is 5.91 Å². The van der Waals surface area contributed by atoms with Crippen LogP contribution in [0, 0.1) is 18.6 Å². The van der Waals surface area contributed by atoms with Crippen molar-refractivity contribution < 1.29 is 33.0 Å². The Morgan fingerprint density at radius 2 is 1.65 bits per heavy atom. The van der Waals surface area contributed by atoms with Crippen molar-refractivity contribution in [1.29, 1.82) is 0 Å². The molecule has 2 aromatic heterocycles. The predicted octanol–water partition coefficient (Wildman–Crippen LogP) is 4.65. The Labute approximate surface area is 246 Å². The number of carboxylic acid groups (broad SMARTS) is 1. The second kappa shape index (κ2) is 13.0. The van der Waals surface area contributed by atoms with Gasteiger partial charge in [-0.05, 0) is 42.3 Å². The van der Waals surface area contributed by atoms with E-state index in [4.69, 9.17) is 9.84 Å². The first-order valence-corrected chi connectivity index (χ1v) is 13.8. The Kier molecular flexibility index (Phi) is 8.91. The Bertz CT molecular complexity index is 1660. The van der Waals surface area contributed by atoms with E-state index < -0.39 is 17.6 Å². The monoisotopic (exact) mass is 588 g/mol. The van der Waals surface area contributed by atoms with Crippen LogP contribution in [0.2, 0.25) is 0 Å². The van der Waals surface area contributed by atoms with Crippen LogP contribution in [0.15, 0.2) is 67.0 Å². The number of pyridine rings is 1. The molecule has 0 unspecified atom stereocenters. The highest BCUT2D eigenvalue weighted by Crippen LogP contribution is 2.27. The molecule has 0 spiro atoms. The molecule has 2 aromatic carbocycles. The highest BCUT2D eigenvalue weighted by Gasteiger charge is 2.24. The number of rotatable bonds is 10. The lowest BCUT2D eigenvalue weighted by atomic mass is 10.0. The number of carbonyl (C=O) groups excluding carboxylic acids is 2. The molecule has 0 aliphatic carbocycles. The number of piperazine rings is 1. The molecule has 1 saturated heterocycles. The maximum Gasteiger partial charge on any atom is 0.317 e. The van der Waals surface area contributed by atoms with Gasteiger partial charge in [-0.15, -0.1) is 0 Å². The van der Waals surface area contributed by atoms with Gasteiger partial charge in [0.05, 0.1) is 23.5 Å². The summed E-state index contributed by atoms with van der Waals surface area (Å²) in [6.45, 7) is 3.61. The molecule has 1 aliphatic rings. The normalized spacial score (nSPS) is 13.6. The van der Waals surface area contributed by atoms with Crippen molar-refractivity contribution in [1.82, 2.24) is 19.8 Å². The smallest absolute Gasteiger partial charge is 0.317 e. The van der Waals surface area contributed by atoms with E-state index in [1.165, 1.54) is 24.4 Å². The van der Waals surface area contributed by atoms with Crippen molar-refractivity contribution in [2.75, 3.05) is 32.7 Å². The minimum Gasteiger partial charge on any atom is -0.480 e. The fourth-order valence-corrected chi connectivity index (χ4v) is 4.97. The van der Waals surface area contributed by atoms with Crippen molar-refractivity contribution in [2.24, 2.45) is 0 Å². The lowest BCUT2D eigenvalue weighted by molar-refractivity contribution is -0.138. The van der Waals surface area contributed by atoms with Crippen LogP contribution in [0.3, 0.4) is 0 Å². The highest BCUT2D eigenvalue weighted by molar-refractivity contribution is 5.95. The van der Waals surface area contributed by atoms with Crippen LogP contribution < -0.4 is 4.74 Å². The zero-order valence-electron chi connectivity index (χ0n) is 23.5. The van der Waals surface area contributed by atoms with Gasteiger partial charge in [0.15, 0.2) is 0 Å². The number of ketones is 1. The molecule has 43 heavy (non-hydrogen) atoms. The van der Waals surface area contributed by atoms with Crippen molar-refractivity contribution in [3.63, 3.8) is 0 Å². The number of aromatic nitrogens is 2. The number of nitrogens with zero attached hydrogens (tertiary/aromatic N) is 3. The molecule has 0 atom stereocenters. The molecule has 3 heterocycles. The van der Waals surface area contributed by atoms with Gasteiger partial charge in [-0.3, -0.25) is 24.3 Å². The van der Waals surface area contributed by atoms with Gasteiger partial charge in [0, 0.05) is 63.5 Å². The number of hydrogen-bond acceptors (Lipinski definition) is 6. The van der Waals surface area contributed by atoms with Gasteiger partial charge in [-0.25, -0.2) is 8.78 Å². The minimum atomic E-state index is -0.893. The molecule has 1 fully saturated rings. The number of aryl methyl sites for hydroxylation is 1. The van der Waals surface area contributed by atoms with Crippen LogP contribution in [0.25, 0.3) is 11.4 Å². The average molecular weight is 589 g/mol. The van der Waals surface area contributed by atoms with E-state index in [0.717, 1.165) is 5.56 Å². The first-order chi connectivity index (χ1) is 20.6. The third kappa shape index (κ3) is 7.49. The molecule has 0 radical (unpaired) electrons. The van der Waals surface area contributed by atoms with Gasteiger partial charge in [0.1, 0.15) is 28.9 Å². The fourth-order valence-electron chi connectivity index (χ4n) is 4.97. The third-order valence-corrected chi connectivity index (χ3v) is 7.19. The number of aromatic amines is 1. The molecule has 1 amide bonds. The molecule has 222 valence electrons. The minimum absolute atomic E-state index is 0.0479. The van der Waals surface area contributed by atoms with Crippen molar-refractivity contribution >= 4 is 17.7 Å². The molecular weight excluding hydrogens is 558 g/mol. The van der Waals surface area contributed by atoms with Gasteiger partial charge in [0.2, 0.25) is 0 Å². The Morgan fingerprint density at radius 1 is 0.907 bits per heavy atom. The summed E-state index contributed by atoms with van der Waals surface area (Å²) >= 11 is 0. The molecule has 11 heteroatoms. The number of benzene rings is 2. The first kappa shape index (κ1) is 29.6. The van der Waals surface area contributed by atoms with Crippen LogP contribution in [0.1, 0.15) is 27.0 Å². The zero-order chi connectivity index (χ0) is 30.5. The molecule has 0 bridgehead atoms. The third-order valence-electron chi connectivity index (χ3n) is 7.19. The van der Waals surface area contributed by atoms with E-state index in [1.54, 1.807) is 52.4 Å². The standard InChI is InChI=1S/C32H30F2N4O5/c1-20-2-5-27(33)22(12-20)14-24(39)13-21-3-4-25(16-28(21)34)43-26-6-7-35-30(17-26)29-15-23(18-36-29)32(42)38-10-8-37(9-11-38)19-31(40)41/h2-7,12,15-18,36H,8-11,13-14,19H2,1H3,(H,40,41). The summed E-state index contributed by atoms with van der Waals surface area (Å²) < 4.78 is 34.7. The predicted molar refractivity (Wildman–Crippen MR) is 154 cm³/mol. The van der Waals surface area contributed by atoms with Gasteiger partial charge < -0.3 is 19.7 Å². The lowest BCUT2D eigenvalue weighted by Gasteiger charge is -2.33. The molecule has 2 N–H and O–H groups in total. The van der Waals surface area contributed by atoms with E-state index >= 15 is 0 Å². The van der Waals surface area contributed by atoms with E-state index in [2.05, 4.69) is 9.97 Å². The summed E-state index contributed by atoms with van der Waals surface area (Å²) in [6.07, 6.45) is 2.83. The zero-order valence-corrected chi connectivity index (χ0v) is 23.5.